The van der Waals surface area contributed by atoms with E-state index in [2.05, 4.69) is 47.1 Å². The molecule has 29 heavy (non-hydrogen) atoms. The van der Waals surface area contributed by atoms with E-state index >= 15 is 0 Å². The number of nitrogens with one attached hydrogen (secondary N) is 3. The Labute approximate surface area is 175 Å². The molecule has 3 N–H and O–H groups in total. The van der Waals surface area contributed by atoms with Crippen LogP contribution in [0.15, 0.2) is 72.8 Å². The Morgan fingerprint density at radius 3 is 2.10 bits per heavy atom. The molecule has 0 bridgehead atoms. The lowest BCUT2D eigenvalue weighted by atomic mass is 10.1. The topological polar surface area (TPSA) is 53.2 Å². The highest BCUT2D eigenvalue weighted by molar-refractivity contribution is 7.80. The molecule has 0 spiro atoms. The number of hydrogen-bond acceptors (Lipinski definition) is 2. The molecule has 0 radical (unpaired) electrons. The number of carbonyl (C=O) groups is 1. The van der Waals surface area contributed by atoms with Crippen LogP contribution in [0, 0.1) is 12.7 Å². The molecular formula is C23H22FN3OS. The zero-order chi connectivity index (χ0) is 20.8. The summed E-state index contributed by atoms with van der Waals surface area (Å²) in [5, 5.41) is 9.55. The molecule has 3 aromatic rings. The molecule has 0 fully saturated rings. The number of hydrogen-bond donors (Lipinski definition) is 3. The Bertz CT molecular complexity index is 1000. The molecule has 0 aromatic heterocycles. The average molecular weight is 408 g/mol. The van der Waals surface area contributed by atoms with Crippen LogP contribution < -0.4 is 16.0 Å². The van der Waals surface area contributed by atoms with E-state index < -0.39 is 11.7 Å². The highest BCUT2D eigenvalue weighted by atomic mass is 32.1. The van der Waals surface area contributed by atoms with Crippen molar-refractivity contribution in [2.24, 2.45) is 0 Å². The summed E-state index contributed by atoms with van der Waals surface area (Å²) in [6.45, 7) is 4.09. The maximum Gasteiger partial charge on any atom is 0.258 e. The van der Waals surface area contributed by atoms with Crippen LogP contribution in [0.5, 0.6) is 0 Å². The second-order valence-corrected chi connectivity index (χ2v) is 7.15. The van der Waals surface area contributed by atoms with Gasteiger partial charge in [0.2, 0.25) is 0 Å². The SMILES string of the molecule is Cc1ccc(C(C)NC(=S)Nc2ccc(NC(=O)c3ccccc3F)cc2)cc1. The third-order valence-corrected chi connectivity index (χ3v) is 4.66. The monoisotopic (exact) mass is 407 g/mol. The number of halogens is 1. The third-order valence-electron chi connectivity index (χ3n) is 4.44. The van der Waals surface area contributed by atoms with Gasteiger partial charge < -0.3 is 16.0 Å². The van der Waals surface area contributed by atoms with Crippen molar-refractivity contribution in [2.45, 2.75) is 19.9 Å². The minimum Gasteiger partial charge on any atom is -0.356 e. The highest BCUT2D eigenvalue weighted by Gasteiger charge is 2.11. The van der Waals surface area contributed by atoms with E-state index in [4.69, 9.17) is 12.2 Å². The van der Waals surface area contributed by atoms with Crippen molar-refractivity contribution in [3.05, 3.63) is 95.3 Å². The van der Waals surface area contributed by atoms with E-state index in [1.165, 1.54) is 17.7 Å². The van der Waals surface area contributed by atoms with Gasteiger partial charge >= 0.3 is 0 Å². The van der Waals surface area contributed by atoms with Gasteiger partial charge in [-0.15, -0.1) is 0 Å². The summed E-state index contributed by atoms with van der Waals surface area (Å²) >= 11 is 5.39. The highest BCUT2D eigenvalue weighted by Crippen LogP contribution is 2.17. The van der Waals surface area contributed by atoms with Crippen LogP contribution in [0.25, 0.3) is 0 Å². The summed E-state index contributed by atoms with van der Waals surface area (Å²) in [6, 6.07) is 21.3. The lowest BCUT2D eigenvalue weighted by molar-refractivity contribution is 0.102. The normalized spacial score (nSPS) is 11.4. The van der Waals surface area contributed by atoms with Crippen LogP contribution in [0.4, 0.5) is 15.8 Å². The molecule has 0 heterocycles. The average Bonchev–Trinajstić information content (AvgIpc) is 2.70. The van der Waals surface area contributed by atoms with Gasteiger partial charge in [-0.05, 0) is 68.0 Å². The molecule has 148 valence electrons. The Kier molecular flexibility index (Phi) is 6.57. The van der Waals surface area contributed by atoms with Gasteiger partial charge in [0.05, 0.1) is 11.6 Å². The number of benzene rings is 3. The molecule has 0 saturated heterocycles. The zero-order valence-corrected chi connectivity index (χ0v) is 17.0. The summed E-state index contributed by atoms with van der Waals surface area (Å²) in [5.41, 5.74) is 3.71. The fourth-order valence-corrected chi connectivity index (χ4v) is 3.08. The van der Waals surface area contributed by atoms with Crippen molar-refractivity contribution in [3.8, 4) is 0 Å². The van der Waals surface area contributed by atoms with Crippen LogP contribution in [0.3, 0.4) is 0 Å². The molecule has 0 aliphatic heterocycles. The lowest BCUT2D eigenvalue weighted by Crippen LogP contribution is -2.30. The van der Waals surface area contributed by atoms with E-state index in [1.54, 1.807) is 36.4 Å². The second kappa shape index (κ2) is 9.30. The van der Waals surface area contributed by atoms with Crippen LogP contribution in [0.1, 0.15) is 34.5 Å². The largest absolute Gasteiger partial charge is 0.356 e. The summed E-state index contributed by atoms with van der Waals surface area (Å²) < 4.78 is 13.7. The van der Waals surface area contributed by atoms with E-state index in [-0.39, 0.29) is 11.6 Å². The lowest BCUT2D eigenvalue weighted by Gasteiger charge is -2.18. The van der Waals surface area contributed by atoms with Gasteiger partial charge in [0.25, 0.3) is 5.91 Å². The molecule has 0 aliphatic rings. The molecule has 3 rings (SSSR count). The molecule has 6 heteroatoms. The molecule has 3 aromatic carbocycles. The van der Waals surface area contributed by atoms with Gasteiger partial charge in [0.15, 0.2) is 5.11 Å². The predicted molar refractivity (Wildman–Crippen MR) is 120 cm³/mol. The Hall–Kier alpha value is -3.25. The molecule has 1 unspecified atom stereocenters. The Balaban J connectivity index is 1.56. The number of carbonyl (C=O) groups excluding carboxylic acids is 1. The fourth-order valence-electron chi connectivity index (χ4n) is 2.78. The predicted octanol–water partition coefficient (Wildman–Crippen LogP) is 5.43. The van der Waals surface area contributed by atoms with Crippen molar-refractivity contribution in [1.29, 1.82) is 0 Å². The first-order chi connectivity index (χ1) is 13.9. The molecule has 0 aliphatic carbocycles. The van der Waals surface area contributed by atoms with Crippen LogP contribution in [-0.2, 0) is 0 Å². The van der Waals surface area contributed by atoms with Gasteiger partial charge in [-0.3, -0.25) is 4.79 Å². The van der Waals surface area contributed by atoms with Gasteiger partial charge in [-0.2, -0.15) is 0 Å². The Morgan fingerprint density at radius 2 is 1.48 bits per heavy atom. The number of thiocarbonyl (C=S) groups is 1. The van der Waals surface area contributed by atoms with Crippen molar-refractivity contribution in [2.75, 3.05) is 10.6 Å². The van der Waals surface area contributed by atoms with E-state index in [0.29, 0.717) is 10.8 Å². The molecule has 1 amide bonds. The van der Waals surface area contributed by atoms with E-state index in [9.17, 15) is 9.18 Å². The van der Waals surface area contributed by atoms with Gasteiger partial charge in [-0.25, -0.2) is 4.39 Å². The maximum absolute atomic E-state index is 13.7. The number of anilines is 2. The standard InChI is InChI=1S/C23H22FN3OS/c1-15-7-9-17(10-8-15)16(2)25-23(29)27-19-13-11-18(12-14-19)26-22(28)20-5-3-4-6-21(20)24/h3-14,16H,1-2H3,(H,26,28)(H2,25,27,29). The number of amides is 1. The second-order valence-electron chi connectivity index (χ2n) is 6.74. The van der Waals surface area contributed by atoms with E-state index in [0.717, 1.165) is 11.3 Å². The first kappa shape index (κ1) is 20.5. The molecule has 4 nitrogen and oxygen atoms in total. The maximum atomic E-state index is 13.7. The first-order valence-corrected chi connectivity index (χ1v) is 9.63. The Morgan fingerprint density at radius 1 is 0.897 bits per heavy atom. The molecule has 1 atom stereocenters. The zero-order valence-electron chi connectivity index (χ0n) is 16.2. The van der Waals surface area contributed by atoms with Crippen molar-refractivity contribution < 1.29 is 9.18 Å². The van der Waals surface area contributed by atoms with Crippen molar-refractivity contribution >= 4 is 34.6 Å². The summed E-state index contributed by atoms with van der Waals surface area (Å²) in [5.74, 6) is -1.05. The van der Waals surface area contributed by atoms with Gasteiger partial charge in [0, 0.05) is 11.4 Å². The minimum atomic E-state index is -0.553. The molecule has 0 saturated carbocycles. The summed E-state index contributed by atoms with van der Waals surface area (Å²) in [6.07, 6.45) is 0. The number of rotatable bonds is 5. The number of aryl methyl sites for hydroxylation is 1. The van der Waals surface area contributed by atoms with Crippen LogP contribution >= 0.6 is 12.2 Å². The minimum absolute atomic E-state index is 0.00479. The van der Waals surface area contributed by atoms with Crippen LogP contribution in [0.2, 0.25) is 0 Å². The summed E-state index contributed by atoms with van der Waals surface area (Å²) in [7, 11) is 0. The quantitative estimate of drug-likeness (QED) is 0.494. The first-order valence-electron chi connectivity index (χ1n) is 9.22. The molecular weight excluding hydrogens is 385 g/mol. The van der Waals surface area contributed by atoms with Crippen molar-refractivity contribution in [1.82, 2.24) is 5.32 Å². The summed E-state index contributed by atoms with van der Waals surface area (Å²) in [4.78, 5) is 12.2. The van der Waals surface area contributed by atoms with E-state index in [1.807, 2.05) is 6.92 Å². The fraction of sp³-hybridized carbons (Fsp3) is 0.130. The van der Waals surface area contributed by atoms with Gasteiger partial charge in [0.1, 0.15) is 5.82 Å². The van der Waals surface area contributed by atoms with Crippen molar-refractivity contribution in [3.63, 3.8) is 0 Å². The smallest absolute Gasteiger partial charge is 0.258 e. The third kappa shape index (κ3) is 5.62. The van der Waals surface area contributed by atoms with Crippen LogP contribution in [-0.4, -0.2) is 11.0 Å². The van der Waals surface area contributed by atoms with Gasteiger partial charge in [-0.1, -0.05) is 42.0 Å².